The number of carbonyl (C=O) groups excluding carboxylic acids is 1. The molecule has 2 aliphatic heterocycles. The molecule has 122 valence electrons. The quantitative estimate of drug-likeness (QED) is 0.941. The molecule has 0 bridgehead atoms. The summed E-state index contributed by atoms with van der Waals surface area (Å²) in [6.07, 6.45) is 4.61. The van der Waals surface area contributed by atoms with Gasteiger partial charge in [-0.05, 0) is 30.4 Å². The third-order valence-electron chi connectivity index (χ3n) is 5.21. The van der Waals surface area contributed by atoms with Gasteiger partial charge in [0.25, 0.3) is 0 Å². The minimum absolute atomic E-state index is 0.0960. The van der Waals surface area contributed by atoms with Crippen molar-refractivity contribution >= 4 is 16.9 Å². The number of para-hydroxylation sites is 1. The van der Waals surface area contributed by atoms with Crippen LogP contribution in [-0.2, 0) is 0 Å². The van der Waals surface area contributed by atoms with E-state index < -0.39 is 0 Å². The molecule has 1 N–H and O–H groups in total. The Labute approximate surface area is 136 Å². The molecule has 0 saturated carbocycles. The van der Waals surface area contributed by atoms with Gasteiger partial charge in [-0.1, -0.05) is 18.2 Å². The molecule has 1 aromatic carbocycles. The lowest BCUT2D eigenvalue weighted by Crippen LogP contribution is -2.41. The molecule has 2 fully saturated rings. The second-order valence-electron chi connectivity index (χ2n) is 6.57. The van der Waals surface area contributed by atoms with Crippen molar-refractivity contribution in [1.29, 1.82) is 0 Å². The standard InChI is InChI=1S/C18H24N4O/c23-18-19-8-12-21(18)14-13-20-9-6-16(7-10-20)22-11-5-15-3-1-2-4-17(15)22/h1-5,11,16H,6-10,12-14H2,(H,19,23). The number of aromatic nitrogens is 1. The van der Waals surface area contributed by atoms with Gasteiger partial charge in [0.2, 0.25) is 0 Å². The molecule has 3 heterocycles. The number of nitrogens with zero attached hydrogens (tertiary/aromatic N) is 3. The van der Waals surface area contributed by atoms with Crippen molar-refractivity contribution in [3.63, 3.8) is 0 Å². The Balaban J connectivity index is 1.33. The van der Waals surface area contributed by atoms with Gasteiger partial charge in [0.1, 0.15) is 0 Å². The van der Waals surface area contributed by atoms with E-state index in [0.717, 1.165) is 39.3 Å². The summed E-state index contributed by atoms with van der Waals surface area (Å²) in [5.74, 6) is 0. The van der Waals surface area contributed by atoms with E-state index in [0.29, 0.717) is 6.04 Å². The smallest absolute Gasteiger partial charge is 0.317 e. The minimum atomic E-state index is 0.0960. The molecular formula is C18H24N4O. The van der Waals surface area contributed by atoms with Crippen LogP contribution in [-0.4, -0.2) is 59.7 Å². The molecule has 23 heavy (non-hydrogen) atoms. The van der Waals surface area contributed by atoms with Crippen LogP contribution in [0.1, 0.15) is 18.9 Å². The predicted octanol–water partition coefficient (Wildman–Crippen LogP) is 2.30. The van der Waals surface area contributed by atoms with E-state index in [-0.39, 0.29) is 6.03 Å². The van der Waals surface area contributed by atoms with E-state index in [1.165, 1.54) is 23.7 Å². The van der Waals surface area contributed by atoms with Crippen LogP contribution < -0.4 is 5.32 Å². The monoisotopic (exact) mass is 312 g/mol. The average Bonchev–Trinajstić information content (AvgIpc) is 3.20. The molecular weight excluding hydrogens is 288 g/mol. The minimum Gasteiger partial charge on any atom is -0.344 e. The fourth-order valence-electron chi connectivity index (χ4n) is 3.83. The molecule has 1 aromatic heterocycles. The molecule has 2 aromatic rings. The van der Waals surface area contributed by atoms with Gasteiger partial charge >= 0.3 is 6.03 Å². The summed E-state index contributed by atoms with van der Waals surface area (Å²) in [5, 5.41) is 4.19. The summed E-state index contributed by atoms with van der Waals surface area (Å²) in [4.78, 5) is 16.0. The van der Waals surface area contributed by atoms with Gasteiger partial charge in [-0.3, -0.25) is 0 Å². The number of fused-ring (bicyclic) bond motifs is 1. The van der Waals surface area contributed by atoms with Crippen LogP contribution in [0.25, 0.3) is 10.9 Å². The van der Waals surface area contributed by atoms with Crippen molar-refractivity contribution in [3.05, 3.63) is 36.5 Å². The van der Waals surface area contributed by atoms with Gasteiger partial charge in [-0.25, -0.2) is 4.79 Å². The molecule has 0 unspecified atom stereocenters. The SMILES string of the molecule is O=C1NCCN1CCN1CCC(n2ccc3ccccc32)CC1. The Morgan fingerprint density at radius 2 is 1.87 bits per heavy atom. The number of amides is 2. The molecule has 4 rings (SSSR count). The van der Waals surface area contributed by atoms with Crippen molar-refractivity contribution in [1.82, 2.24) is 19.7 Å². The van der Waals surface area contributed by atoms with Gasteiger partial charge < -0.3 is 19.7 Å². The van der Waals surface area contributed by atoms with Crippen LogP contribution in [0, 0.1) is 0 Å². The number of urea groups is 1. The van der Waals surface area contributed by atoms with Crippen LogP contribution in [0.3, 0.4) is 0 Å². The molecule has 2 saturated heterocycles. The average molecular weight is 312 g/mol. The van der Waals surface area contributed by atoms with E-state index in [9.17, 15) is 4.79 Å². The van der Waals surface area contributed by atoms with Gasteiger partial charge in [0, 0.05) is 57.0 Å². The first-order valence-electron chi connectivity index (χ1n) is 8.62. The zero-order chi connectivity index (χ0) is 15.6. The normalized spacial score (nSPS) is 20.3. The second-order valence-corrected chi connectivity index (χ2v) is 6.57. The molecule has 2 amide bonds. The highest BCUT2D eigenvalue weighted by Gasteiger charge is 2.23. The molecule has 5 heteroatoms. The Kier molecular flexibility index (Phi) is 3.95. The Bertz CT molecular complexity index is 687. The first kappa shape index (κ1) is 14.6. The van der Waals surface area contributed by atoms with Gasteiger partial charge in [-0.15, -0.1) is 0 Å². The number of likely N-dealkylation sites (tertiary alicyclic amines) is 1. The first-order chi connectivity index (χ1) is 11.3. The Morgan fingerprint density at radius 3 is 2.65 bits per heavy atom. The molecule has 0 radical (unpaired) electrons. The fraction of sp³-hybridized carbons (Fsp3) is 0.500. The zero-order valence-corrected chi connectivity index (χ0v) is 13.4. The number of piperidine rings is 1. The number of nitrogens with one attached hydrogen (secondary N) is 1. The number of benzene rings is 1. The predicted molar refractivity (Wildman–Crippen MR) is 91.6 cm³/mol. The van der Waals surface area contributed by atoms with Crippen LogP contribution >= 0.6 is 0 Å². The van der Waals surface area contributed by atoms with Crippen LogP contribution in [0.2, 0.25) is 0 Å². The Morgan fingerprint density at radius 1 is 1.04 bits per heavy atom. The van der Waals surface area contributed by atoms with E-state index >= 15 is 0 Å². The summed E-state index contributed by atoms with van der Waals surface area (Å²) in [6.45, 7) is 5.72. The van der Waals surface area contributed by atoms with E-state index in [2.05, 4.69) is 51.3 Å². The lowest BCUT2D eigenvalue weighted by Gasteiger charge is -2.33. The maximum absolute atomic E-state index is 11.6. The fourth-order valence-corrected chi connectivity index (χ4v) is 3.83. The third-order valence-corrected chi connectivity index (χ3v) is 5.21. The summed E-state index contributed by atoms with van der Waals surface area (Å²) < 4.78 is 2.45. The number of rotatable bonds is 4. The highest BCUT2D eigenvalue weighted by molar-refractivity contribution is 5.80. The molecule has 5 nitrogen and oxygen atoms in total. The summed E-state index contributed by atoms with van der Waals surface area (Å²) in [7, 11) is 0. The van der Waals surface area contributed by atoms with Gasteiger partial charge in [0.15, 0.2) is 0 Å². The number of hydrogen-bond acceptors (Lipinski definition) is 2. The van der Waals surface area contributed by atoms with E-state index in [1.54, 1.807) is 0 Å². The summed E-state index contributed by atoms with van der Waals surface area (Å²) >= 11 is 0. The Hall–Kier alpha value is -2.01. The highest BCUT2D eigenvalue weighted by atomic mass is 16.2. The van der Waals surface area contributed by atoms with E-state index in [4.69, 9.17) is 0 Å². The molecule has 0 atom stereocenters. The number of hydrogen-bond donors (Lipinski definition) is 1. The van der Waals surface area contributed by atoms with Crippen molar-refractivity contribution in [2.75, 3.05) is 39.3 Å². The topological polar surface area (TPSA) is 40.5 Å². The van der Waals surface area contributed by atoms with Crippen LogP contribution in [0.15, 0.2) is 36.5 Å². The maximum atomic E-state index is 11.6. The van der Waals surface area contributed by atoms with Crippen molar-refractivity contribution in [2.45, 2.75) is 18.9 Å². The molecule has 2 aliphatic rings. The zero-order valence-electron chi connectivity index (χ0n) is 13.4. The number of carbonyl (C=O) groups is 1. The van der Waals surface area contributed by atoms with Crippen LogP contribution in [0.4, 0.5) is 4.79 Å². The van der Waals surface area contributed by atoms with Gasteiger partial charge in [0.05, 0.1) is 0 Å². The molecule has 0 aliphatic carbocycles. The van der Waals surface area contributed by atoms with Crippen molar-refractivity contribution in [2.24, 2.45) is 0 Å². The maximum Gasteiger partial charge on any atom is 0.317 e. The van der Waals surface area contributed by atoms with E-state index in [1.807, 2.05) is 4.90 Å². The van der Waals surface area contributed by atoms with Crippen molar-refractivity contribution in [3.8, 4) is 0 Å². The summed E-state index contributed by atoms with van der Waals surface area (Å²) in [5.41, 5.74) is 1.35. The summed E-state index contributed by atoms with van der Waals surface area (Å²) in [6, 6.07) is 11.5. The second kappa shape index (κ2) is 6.24. The van der Waals surface area contributed by atoms with Crippen LogP contribution in [0.5, 0.6) is 0 Å². The lowest BCUT2D eigenvalue weighted by molar-refractivity contribution is 0.167. The third kappa shape index (κ3) is 2.93. The van der Waals surface area contributed by atoms with Crippen molar-refractivity contribution < 1.29 is 4.79 Å². The largest absolute Gasteiger partial charge is 0.344 e. The highest BCUT2D eigenvalue weighted by Crippen LogP contribution is 2.27. The molecule has 0 spiro atoms. The lowest BCUT2D eigenvalue weighted by atomic mass is 10.0. The van der Waals surface area contributed by atoms with Gasteiger partial charge in [-0.2, -0.15) is 0 Å². The first-order valence-corrected chi connectivity index (χ1v) is 8.62.